The summed E-state index contributed by atoms with van der Waals surface area (Å²) in [6.45, 7) is 8.71. The molecule has 0 aromatic heterocycles. The van der Waals surface area contributed by atoms with E-state index in [4.69, 9.17) is 0 Å². The fourth-order valence-corrected chi connectivity index (χ4v) is 4.87. The standard InChI is InChI=1S/C9H21NS.H3N/c1-5-11(6-2,7-3,8-4)9-10;/h11H,5-8H2,1-4H3;1H3. The number of hydrogen-bond donors (Lipinski definition) is 2. The molecule has 0 rings (SSSR count). The number of nitrogens with zero attached hydrogens (tertiary/aromatic N) is 1. The van der Waals surface area contributed by atoms with Gasteiger partial charge in [0, 0.05) is 0 Å². The van der Waals surface area contributed by atoms with Gasteiger partial charge in [-0.2, -0.15) is 5.26 Å². The quantitative estimate of drug-likeness (QED) is 0.531. The van der Waals surface area contributed by atoms with E-state index in [1.807, 2.05) is 0 Å². The van der Waals surface area contributed by atoms with Crippen molar-refractivity contribution in [3.05, 3.63) is 0 Å². The summed E-state index contributed by atoms with van der Waals surface area (Å²) < 4.78 is 0. The maximum atomic E-state index is 9.24. The summed E-state index contributed by atoms with van der Waals surface area (Å²) in [6, 6.07) is 0. The van der Waals surface area contributed by atoms with Crippen molar-refractivity contribution >= 4 is 9.16 Å². The first-order valence-electron chi connectivity index (χ1n) is 4.54. The van der Waals surface area contributed by atoms with Crippen molar-refractivity contribution in [2.24, 2.45) is 0 Å². The van der Waals surface area contributed by atoms with Gasteiger partial charge in [-0.15, -0.1) is 0 Å². The molecule has 0 saturated carbocycles. The van der Waals surface area contributed by atoms with E-state index in [1.54, 1.807) is 0 Å². The molecule has 0 unspecified atom stereocenters. The molecule has 0 fully saturated rings. The van der Waals surface area contributed by atoms with Gasteiger partial charge in [-0.05, 0) is 23.0 Å². The van der Waals surface area contributed by atoms with Crippen LogP contribution in [0.1, 0.15) is 27.7 Å². The molecule has 0 aromatic carbocycles. The van der Waals surface area contributed by atoms with E-state index in [2.05, 4.69) is 33.1 Å². The third-order valence-corrected chi connectivity index (χ3v) is 10.8. The van der Waals surface area contributed by atoms with E-state index in [0.717, 1.165) is 23.0 Å². The lowest BCUT2D eigenvalue weighted by Gasteiger charge is -2.53. The summed E-state index contributed by atoms with van der Waals surface area (Å²) in [5.74, 6) is 4.41. The Labute approximate surface area is 77.2 Å². The van der Waals surface area contributed by atoms with Gasteiger partial charge in [-0.3, -0.25) is 0 Å². The van der Waals surface area contributed by atoms with E-state index in [-0.39, 0.29) is 6.15 Å². The Kier molecular flexibility index (Phi) is 5.66. The fourth-order valence-electron chi connectivity index (χ4n) is 1.62. The van der Waals surface area contributed by atoms with Crippen LogP contribution < -0.4 is 6.15 Å². The molecule has 2 nitrogen and oxygen atoms in total. The molecular weight excluding hydrogens is 168 g/mol. The molecule has 0 spiro atoms. The second kappa shape index (κ2) is 4.74. The largest absolute Gasteiger partial charge is 0.344 e. The number of hydrogen-bond acceptors (Lipinski definition) is 2. The highest BCUT2D eigenvalue weighted by atomic mass is 32.3. The lowest BCUT2D eigenvalue weighted by atomic mass is 10.9. The highest BCUT2D eigenvalue weighted by Crippen LogP contribution is 2.67. The van der Waals surface area contributed by atoms with Gasteiger partial charge in [0.25, 0.3) is 0 Å². The van der Waals surface area contributed by atoms with Gasteiger partial charge in [0.1, 0.15) is 0 Å². The number of thiocyanates is 1. The molecule has 76 valence electrons. The zero-order valence-electron chi connectivity index (χ0n) is 8.93. The van der Waals surface area contributed by atoms with Gasteiger partial charge in [0.05, 0.1) is 5.40 Å². The fraction of sp³-hybridized carbons (Fsp3) is 0.889. The maximum absolute atomic E-state index is 9.24. The summed E-state index contributed by atoms with van der Waals surface area (Å²) in [5, 5.41) is 11.9. The maximum Gasteiger partial charge on any atom is 0.0961 e. The van der Waals surface area contributed by atoms with Crippen LogP contribution in [0.3, 0.4) is 0 Å². The first kappa shape index (κ1) is 14.3. The molecule has 0 aliphatic heterocycles. The Morgan fingerprint density at radius 2 is 1.17 bits per heavy atom. The van der Waals surface area contributed by atoms with Crippen molar-refractivity contribution < 1.29 is 0 Å². The zero-order chi connectivity index (χ0) is 8.98. The average Bonchev–Trinajstić information content (AvgIpc) is 2.12. The second-order valence-corrected chi connectivity index (χ2v) is 10.0. The van der Waals surface area contributed by atoms with Crippen LogP contribution in [0.25, 0.3) is 0 Å². The Balaban J connectivity index is 0. The summed E-state index contributed by atoms with van der Waals surface area (Å²) >= 11 is 0. The van der Waals surface area contributed by atoms with Crippen molar-refractivity contribution in [2.45, 2.75) is 27.7 Å². The lowest BCUT2D eigenvalue weighted by Crippen LogP contribution is -2.26. The van der Waals surface area contributed by atoms with Crippen LogP contribution in [0, 0.1) is 10.7 Å². The first-order valence-corrected chi connectivity index (χ1v) is 7.52. The molecule has 3 N–H and O–H groups in total. The molecule has 0 aliphatic carbocycles. The zero-order valence-corrected chi connectivity index (χ0v) is 9.82. The minimum absolute atomic E-state index is 0. The number of thiol groups is 1. The van der Waals surface area contributed by atoms with Crippen LogP contribution >= 0.6 is 9.16 Å². The highest BCUT2D eigenvalue weighted by molar-refractivity contribution is 8.52. The molecule has 0 bridgehead atoms. The van der Waals surface area contributed by atoms with Gasteiger partial charge >= 0.3 is 0 Å². The van der Waals surface area contributed by atoms with Gasteiger partial charge in [0.2, 0.25) is 0 Å². The topological polar surface area (TPSA) is 58.8 Å². The third kappa shape index (κ3) is 1.94. The minimum atomic E-state index is -1.87. The van der Waals surface area contributed by atoms with Crippen LogP contribution in [0.4, 0.5) is 0 Å². The molecular formula is C9H24N2S. The van der Waals surface area contributed by atoms with E-state index < -0.39 is 9.16 Å². The second-order valence-electron chi connectivity index (χ2n) is 3.34. The smallest absolute Gasteiger partial charge is 0.0961 e. The molecule has 0 atom stereocenters. The molecule has 0 heterocycles. The molecule has 0 aromatic rings. The van der Waals surface area contributed by atoms with Crippen molar-refractivity contribution in [2.75, 3.05) is 23.0 Å². The predicted octanol–water partition coefficient (Wildman–Crippen LogP) is 2.78. The SMILES string of the molecule is CC[SH](C#N)(CC)(CC)CC.N. The molecule has 0 saturated heterocycles. The Morgan fingerprint density at radius 3 is 1.17 bits per heavy atom. The average molecular weight is 192 g/mol. The van der Waals surface area contributed by atoms with E-state index in [0.29, 0.717) is 0 Å². The van der Waals surface area contributed by atoms with Crippen molar-refractivity contribution in [3.63, 3.8) is 0 Å². The highest BCUT2D eigenvalue weighted by Gasteiger charge is 2.33. The number of rotatable bonds is 4. The van der Waals surface area contributed by atoms with Gasteiger partial charge in [-0.25, -0.2) is 9.16 Å². The van der Waals surface area contributed by atoms with E-state index in [9.17, 15) is 5.26 Å². The van der Waals surface area contributed by atoms with Crippen LogP contribution in [0.5, 0.6) is 0 Å². The number of nitriles is 1. The van der Waals surface area contributed by atoms with Gasteiger partial charge in [-0.1, -0.05) is 27.7 Å². The van der Waals surface area contributed by atoms with Crippen molar-refractivity contribution in [1.29, 1.82) is 5.26 Å². The van der Waals surface area contributed by atoms with Crippen LogP contribution in [-0.4, -0.2) is 23.0 Å². The Hall–Kier alpha value is -0.200. The normalized spacial score (nSPS) is 13.8. The monoisotopic (exact) mass is 192 g/mol. The summed E-state index contributed by atoms with van der Waals surface area (Å²) in [5.41, 5.74) is 0. The molecule has 12 heavy (non-hydrogen) atoms. The van der Waals surface area contributed by atoms with Gasteiger partial charge < -0.3 is 6.15 Å². The van der Waals surface area contributed by atoms with Crippen LogP contribution in [-0.2, 0) is 0 Å². The van der Waals surface area contributed by atoms with E-state index in [1.165, 1.54) is 0 Å². The van der Waals surface area contributed by atoms with Crippen LogP contribution in [0.15, 0.2) is 0 Å². The third-order valence-electron chi connectivity index (χ3n) is 3.60. The van der Waals surface area contributed by atoms with Gasteiger partial charge in [0.15, 0.2) is 0 Å². The predicted molar refractivity (Wildman–Crippen MR) is 61.8 cm³/mol. The van der Waals surface area contributed by atoms with Crippen LogP contribution in [0.2, 0.25) is 0 Å². The Morgan fingerprint density at radius 1 is 0.917 bits per heavy atom. The summed E-state index contributed by atoms with van der Waals surface area (Å²) in [6.07, 6.45) is 0. The Bertz CT molecular complexity index is 144. The molecule has 0 radical (unpaired) electrons. The lowest BCUT2D eigenvalue weighted by molar-refractivity contribution is 1.26. The minimum Gasteiger partial charge on any atom is -0.344 e. The van der Waals surface area contributed by atoms with Crippen molar-refractivity contribution in [3.8, 4) is 5.40 Å². The molecule has 0 amide bonds. The first-order chi connectivity index (χ1) is 5.12. The van der Waals surface area contributed by atoms with E-state index >= 15 is 0 Å². The summed E-state index contributed by atoms with van der Waals surface area (Å²) in [4.78, 5) is 0. The molecule has 0 aliphatic rings. The molecule has 3 heteroatoms. The summed E-state index contributed by atoms with van der Waals surface area (Å²) in [7, 11) is -1.87. The van der Waals surface area contributed by atoms with Crippen molar-refractivity contribution in [1.82, 2.24) is 6.15 Å².